The first-order valence-corrected chi connectivity index (χ1v) is 7.62. The largest absolute Gasteiger partial charge is 0.545 e. The van der Waals surface area contributed by atoms with E-state index in [4.69, 9.17) is 4.74 Å². The molecule has 0 spiro atoms. The van der Waals surface area contributed by atoms with Crippen molar-refractivity contribution < 1.29 is 24.2 Å². The summed E-state index contributed by atoms with van der Waals surface area (Å²) in [4.78, 5) is 33.8. The molecular weight excluding hydrogens is 338 g/mol. The van der Waals surface area contributed by atoms with Gasteiger partial charge in [-0.2, -0.15) is 5.10 Å². The fourth-order valence-corrected chi connectivity index (χ4v) is 1.82. The van der Waals surface area contributed by atoms with Crippen LogP contribution in [0, 0.1) is 0 Å². The van der Waals surface area contributed by atoms with Crippen LogP contribution >= 0.6 is 0 Å². The number of amides is 2. The molecule has 2 aromatic carbocycles. The number of benzene rings is 2. The van der Waals surface area contributed by atoms with Crippen LogP contribution in [0.4, 0.5) is 0 Å². The number of carboxylic acid groups (broad SMARTS) is 1. The molecule has 0 aliphatic rings. The lowest BCUT2D eigenvalue weighted by atomic mass is 10.1. The number of hydrazone groups is 1. The van der Waals surface area contributed by atoms with Crippen LogP contribution in [-0.2, 0) is 9.59 Å². The van der Waals surface area contributed by atoms with E-state index >= 15 is 0 Å². The van der Waals surface area contributed by atoms with Gasteiger partial charge in [0.25, 0.3) is 11.8 Å². The van der Waals surface area contributed by atoms with Crippen LogP contribution < -0.4 is 20.6 Å². The number of carboxylic acids is 1. The molecule has 26 heavy (non-hydrogen) atoms. The highest BCUT2D eigenvalue weighted by molar-refractivity contribution is 5.89. The zero-order chi connectivity index (χ0) is 18.8. The minimum Gasteiger partial charge on any atom is -0.545 e. The molecule has 2 N–H and O–H groups in total. The van der Waals surface area contributed by atoms with E-state index in [1.54, 1.807) is 24.3 Å². The molecule has 0 saturated heterocycles. The Hall–Kier alpha value is -3.68. The van der Waals surface area contributed by atoms with Crippen molar-refractivity contribution in [1.82, 2.24) is 10.7 Å². The average molecular weight is 354 g/mol. The minimum atomic E-state index is -1.27. The van der Waals surface area contributed by atoms with Gasteiger partial charge in [-0.25, -0.2) is 5.43 Å². The third-order valence-electron chi connectivity index (χ3n) is 3.11. The fourth-order valence-electron chi connectivity index (χ4n) is 1.82. The number of carbonyl (C=O) groups excluding carboxylic acids is 3. The van der Waals surface area contributed by atoms with E-state index in [1.807, 2.05) is 6.07 Å². The van der Waals surface area contributed by atoms with E-state index < -0.39 is 17.8 Å². The Balaban J connectivity index is 1.68. The third-order valence-corrected chi connectivity index (χ3v) is 3.11. The zero-order valence-electron chi connectivity index (χ0n) is 13.7. The standard InChI is InChI=1S/C18H17N3O5/c22-16(11-19-17(23)12-26-15-4-2-1-3-5-15)21-20-10-13-6-8-14(9-7-13)18(24)25/h1-10H,11-12H2,(H,19,23)(H,21,22)(H,24,25)/p-1/b20-10-. The molecule has 0 unspecified atom stereocenters. The van der Waals surface area contributed by atoms with Crippen LogP contribution in [0.3, 0.4) is 0 Å². The molecule has 134 valence electrons. The number of hydrogen-bond donors (Lipinski definition) is 2. The molecule has 2 amide bonds. The van der Waals surface area contributed by atoms with Crippen LogP contribution in [0.5, 0.6) is 5.75 Å². The van der Waals surface area contributed by atoms with Gasteiger partial charge in [0.15, 0.2) is 6.61 Å². The molecule has 2 rings (SSSR count). The summed E-state index contributed by atoms with van der Waals surface area (Å²) in [5, 5.41) is 16.7. The van der Waals surface area contributed by atoms with Gasteiger partial charge in [0.2, 0.25) is 0 Å². The van der Waals surface area contributed by atoms with Gasteiger partial charge < -0.3 is 20.0 Å². The molecule has 2 aromatic rings. The monoisotopic (exact) mass is 354 g/mol. The topological polar surface area (TPSA) is 120 Å². The number of ether oxygens (including phenoxy) is 1. The molecule has 0 aliphatic carbocycles. The number of carbonyl (C=O) groups is 3. The lowest BCUT2D eigenvalue weighted by molar-refractivity contribution is -0.255. The maximum Gasteiger partial charge on any atom is 0.259 e. The first-order chi connectivity index (χ1) is 12.5. The number of nitrogens with zero attached hydrogens (tertiary/aromatic N) is 1. The fraction of sp³-hybridized carbons (Fsp3) is 0.111. The molecule has 0 fully saturated rings. The summed E-state index contributed by atoms with van der Waals surface area (Å²) in [7, 11) is 0. The summed E-state index contributed by atoms with van der Waals surface area (Å²) in [5.74, 6) is -1.67. The number of nitrogens with one attached hydrogen (secondary N) is 2. The second-order valence-corrected chi connectivity index (χ2v) is 5.08. The lowest BCUT2D eigenvalue weighted by Gasteiger charge is -2.06. The Morgan fingerprint density at radius 3 is 2.35 bits per heavy atom. The molecule has 0 saturated carbocycles. The summed E-state index contributed by atoms with van der Waals surface area (Å²) < 4.78 is 5.25. The minimum absolute atomic E-state index is 0.0478. The molecule has 8 nitrogen and oxygen atoms in total. The van der Waals surface area contributed by atoms with Crippen molar-refractivity contribution >= 4 is 24.0 Å². The van der Waals surface area contributed by atoms with Crippen molar-refractivity contribution in [2.24, 2.45) is 5.10 Å². The van der Waals surface area contributed by atoms with Gasteiger partial charge in [0.05, 0.1) is 18.7 Å². The van der Waals surface area contributed by atoms with Gasteiger partial charge in [-0.3, -0.25) is 9.59 Å². The molecule has 8 heteroatoms. The van der Waals surface area contributed by atoms with Gasteiger partial charge in [-0.1, -0.05) is 42.5 Å². The van der Waals surface area contributed by atoms with Crippen LogP contribution in [0.2, 0.25) is 0 Å². The number of rotatable bonds is 8. The van der Waals surface area contributed by atoms with Gasteiger partial charge in [-0.05, 0) is 23.3 Å². The quantitative estimate of drug-likeness (QED) is 0.498. The van der Waals surface area contributed by atoms with Crippen molar-refractivity contribution in [2.75, 3.05) is 13.2 Å². The highest BCUT2D eigenvalue weighted by atomic mass is 16.5. The highest BCUT2D eigenvalue weighted by Gasteiger charge is 2.05. The van der Waals surface area contributed by atoms with Crippen molar-refractivity contribution in [3.63, 3.8) is 0 Å². The van der Waals surface area contributed by atoms with E-state index in [0.29, 0.717) is 11.3 Å². The molecule has 0 aromatic heterocycles. The number of para-hydroxylation sites is 1. The molecule has 0 bridgehead atoms. The SMILES string of the molecule is O=C(COc1ccccc1)NCC(=O)N/N=C\c1ccc(C(=O)[O-])cc1. The zero-order valence-corrected chi connectivity index (χ0v) is 13.7. The second kappa shape index (κ2) is 9.58. The number of hydrogen-bond acceptors (Lipinski definition) is 6. The summed E-state index contributed by atoms with van der Waals surface area (Å²) in [6, 6.07) is 14.6. The Morgan fingerprint density at radius 2 is 1.69 bits per heavy atom. The highest BCUT2D eigenvalue weighted by Crippen LogP contribution is 2.07. The van der Waals surface area contributed by atoms with Crippen molar-refractivity contribution in [3.05, 3.63) is 65.7 Å². The Labute approximate surface area is 149 Å². The predicted molar refractivity (Wildman–Crippen MR) is 91.5 cm³/mol. The molecule has 0 atom stereocenters. The van der Waals surface area contributed by atoms with Crippen molar-refractivity contribution in [2.45, 2.75) is 0 Å². The van der Waals surface area contributed by atoms with E-state index in [2.05, 4.69) is 15.8 Å². The third kappa shape index (κ3) is 6.44. The maximum absolute atomic E-state index is 11.6. The smallest absolute Gasteiger partial charge is 0.259 e. The van der Waals surface area contributed by atoms with Crippen LogP contribution in [-0.4, -0.2) is 37.1 Å². The summed E-state index contributed by atoms with van der Waals surface area (Å²) >= 11 is 0. The summed E-state index contributed by atoms with van der Waals surface area (Å²) in [6.45, 7) is -0.455. The Kier molecular flexibility index (Phi) is 6.87. The molecule has 0 radical (unpaired) electrons. The lowest BCUT2D eigenvalue weighted by Crippen LogP contribution is -2.37. The first-order valence-electron chi connectivity index (χ1n) is 7.62. The summed E-state index contributed by atoms with van der Waals surface area (Å²) in [5.41, 5.74) is 2.88. The van der Waals surface area contributed by atoms with Gasteiger partial charge in [0, 0.05) is 0 Å². The Morgan fingerprint density at radius 1 is 1.00 bits per heavy atom. The van der Waals surface area contributed by atoms with Gasteiger partial charge in [-0.15, -0.1) is 0 Å². The first kappa shape index (κ1) is 18.7. The second-order valence-electron chi connectivity index (χ2n) is 5.08. The number of aromatic carboxylic acids is 1. The van der Waals surface area contributed by atoms with E-state index in [9.17, 15) is 19.5 Å². The normalized spacial score (nSPS) is 10.3. The van der Waals surface area contributed by atoms with E-state index in [0.717, 1.165) is 0 Å². The Bertz CT molecular complexity index is 788. The summed E-state index contributed by atoms with van der Waals surface area (Å²) in [6.07, 6.45) is 1.34. The van der Waals surface area contributed by atoms with Crippen LogP contribution in [0.15, 0.2) is 59.7 Å². The van der Waals surface area contributed by atoms with E-state index in [-0.39, 0.29) is 18.7 Å². The maximum atomic E-state index is 11.6. The van der Waals surface area contributed by atoms with Crippen molar-refractivity contribution in [1.29, 1.82) is 0 Å². The average Bonchev–Trinajstić information content (AvgIpc) is 2.66. The predicted octanol–water partition coefficient (Wildman–Crippen LogP) is -0.305. The van der Waals surface area contributed by atoms with Crippen LogP contribution in [0.1, 0.15) is 15.9 Å². The van der Waals surface area contributed by atoms with Gasteiger partial charge >= 0.3 is 0 Å². The van der Waals surface area contributed by atoms with Crippen molar-refractivity contribution in [3.8, 4) is 5.75 Å². The van der Waals surface area contributed by atoms with Gasteiger partial charge in [0.1, 0.15) is 5.75 Å². The molecular formula is C18H16N3O5-. The molecule has 0 aliphatic heterocycles. The van der Waals surface area contributed by atoms with Crippen LogP contribution in [0.25, 0.3) is 0 Å². The van der Waals surface area contributed by atoms with E-state index in [1.165, 1.54) is 30.5 Å². The molecule has 0 heterocycles.